The van der Waals surface area contributed by atoms with Gasteiger partial charge in [-0.3, -0.25) is 4.90 Å². The van der Waals surface area contributed by atoms with Gasteiger partial charge in [0, 0.05) is 19.1 Å². The molecule has 0 spiro atoms. The Hall–Kier alpha value is -0.170. The molecule has 1 rings (SSSR count). The topological polar surface area (TPSA) is 69.6 Å². The third-order valence-electron chi connectivity index (χ3n) is 2.18. The van der Waals surface area contributed by atoms with E-state index in [0.29, 0.717) is 13.1 Å². The van der Waals surface area contributed by atoms with Crippen LogP contribution in [-0.2, 0) is 10.0 Å². The maximum Gasteiger partial charge on any atom is 0.208 e. The van der Waals surface area contributed by atoms with Gasteiger partial charge in [0.15, 0.2) is 0 Å². The number of nitrogens with one attached hydrogen (secondary N) is 1. The Morgan fingerprint density at radius 2 is 2.29 bits per heavy atom. The third kappa shape index (κ3) is 4.36. The van der Waals surface area contributed by atoms with Gasteiger partial charge in [0.1, 0.15) is 0 Å². The largest absolute Gasteiger partial charge is 0.392 e. The summed E-state index contributed by atoms with van der Waals surface area (Å²) >= 11 is 0. The molecule has 0 aromatic rings. The Morgan fingerprint density at radius 3 is 2.79 bits per heavy atom. The fourth-order valence-corrected chi connectivity index (χ4v) is 2.57. The van der Waals surface area contributed by atoms with Crippen molar-refractivity contribution in [2.45, 2.75) is 25.5 Å². The number of likely N-dealkylation sites (tertiary alicyclic amines) is 1. The van der Waals surface area contributed by atoms with Crippen molar-refractivity contribution in [2.24, 2.45) is 0 Å². The minimum Gasteiger partial charge on any atom is -0.392 e. The van der Waals surface area contributed by atoms with Gasteiger partial charge in [-0.1, -0.05) is 0 Å². The van der Waals surface area contributed by atoms with Gasteiger partial charge in [-0.05, 0) is 19.9 Å². The average molecular weight is 222 g/mol. The number of hydrogen-bond donors (Lipinski definition) is 2. The molecule has 0 radical (unpaired) electrons. The number of hydrogen-bond acceptors (Lipinski definition) is 4. The second-order valence-electron chi connectivity index (χ2n) is 3.98. The van der Waals surface area contributed by atoms with Crippen LogP contribution in [0.15, 0.2) is 0 Å². The van der Waals surface area contributed by atoms with Crippen molar-refractivity contribution in [3.63, 3.8) is 0 Å². The molecule has 2 N–H and O–H groups in total. The lowest BCUT2D eigenvalue weighted by Gasteiger charge is -2.17. The minimum atomic E-state index is -3.10. The molecular weight excluding hydrogens is 204 g/mol. The van der Waals surface area contributed by atoms with Gasteiger partial charge in [0.25, 0.3) is 0 Å². The summed E-state index contributed by atoms with van der Waals surface area (Å²) in [5.74, 6) is 0. The molecule has 1 fully saturated rings. The first kappa shape index (κ1) is 11.9. The monoisotopic (exact) mass is 222 g/mol. The van der Waals surface area contributed by atoms with Crippen LogP contribution in [-0.4, -0.2) is 56.5 Å². The third-order valence-corrected chi connectivity index (χ3v) is 2.94. The summed E-state index contributed by atoms with van der Waals surface area (Å²) in [4.78, 5) is 2.06. The molecule has 0 aromatic heterocycles. The van der Waals surface area contributed by atoms with Crippen LogP contribution in [0.1, 0.15) is 13.3 Å². The molecule has 1 aliphatic rings. The van der Waals surface area contributed by atoms with Crippen LogP contribution < -0.4 is 4.72 Å². The predicted octanol–water partition coefficient (Wildman–Crippen LogP) is -1.01. The van der Waals surface area contributed by atoms with E-state index >= 15 is 0 Å². The molecule has 1 saturated heterocycles. The van der Waals surface area contributed by atoms with Crippen molar-refractivity contribution in [3.8, 4) is 0 Å². The number of aliphatic hydroxyl groups excluding tert-OH is 1. The maximum atomic E-state index is 10.9. The Kier molecular flexibility index (Phi) is 3.88. The van der Waals surface area contributed by atoms with Crippen LogP contribution in [0.2, 0.25) is 0 Å². The summed E-state index contributed by atoms with van der Waals surface area (Å²) in [7, 11) is -3.10. The first-order valence-corrected chi connectivity index (χ1v) is 6.63. The van der Waals surface area contributed by atoms with Crippen molar-refractivity contribution in [2.75, 3.05) is 25.9 Å². The summed E-state index contributed by atoms with van der Waals surface area (Å²) in [6.45, 7) is 3.88. The number of sulfonamides is 1. The second-order valence-corrected chi connectivity index (χ2v) is 5.76. The standard InChI is InChI=1S/C8H18N2O3S/c1-7(11)5-10-4-3-8(6-10)9-14(2,12)13/h7-9,11H,3-6H2,1-2H3. The van der Waals surface area contributed by atoms with Crippen LogP contribution in [0.3, 0.4) is 0 Å². The van der Waals surface area contributed by atoms with E-state index in [1.807, 2.05) is 0 Å². The molecule has 5 nitrogen and oxygen atoms in total. The summed E-state index contributed by atoms with van der Waals surface area (Å²) < 4.78 is 24.4. The first-order valence-electron chi connectivity index (χ1n) is 4.74. The SMILES string of the molecule is CC(O)CN1CCC(NS(C)(=O)=O)C1. The zero-order valence-corrected chi connectivity index (χ0v) is 9.42. The highest BCUT2D eigenvalue weighted by Gasteiger charge is 2.24. The first-order chi connectivity index (χ1) is 6.37. The number of β-amino-alcohol motifs (C(OH)–C–C–N with tert-alkyl or cyclic N) is 1. The highest BCUT2D eigenvalue weighted by Crippen LogP contribution is 2.09. The zero-order valence-electron chi connectivity index (χ0n) is 8.60. The van der Waals surface area contributed by atoms with E-state index in [0.717, 1.165) is 13.0 Å². The Labute approximate surface area is 85.2 Å². The van der Waals surface area contributed by atoms with E-state index < -0.39 is 10.0 Å². The lowest BCUT2D eigenvalue weighted by molar-refractivity contribution is 0.140. The molecule has 0 bridgehead atoms. The van der Waals surface area contributed by atoms with E-state index in [2.05, 4.69) is 9.62 Å². The van der Waals surface area contributed by atoms with E-state index in [1.54, 1.807) is 6.92 Å². The molecule has 14 heavy (non-hydrogen) atoms. The molecule has 0 amide bonds. The fourth-order valence-electron chi connectivity index (χ4n) is 1.77. The summed E-state index contributed by atoms with van der Waals surface area (Å²) in [5.41, 5.74) is 0. The second kappa shape index (κ2) is 4.57. The van der Waals surface area contributed by atoms with Crippen molar-refractivity contribution in [1.29, 1.82) is 0 Å². The molecule has 0 saturated carbocycles. The molecule has 1 aliphatic heterocycles. The van der Waals surface area contributed by atoms with Crippen LogP contribution in [0.25, 0.3) is 0 Å². The Bertz CT molecular complexity index is 276. The molecule has 2 atom stereocenters. The quantitative estimate of drug-likeness (QED) is 0.639. The summed E-state index contributed by atoms with van der Waals surface area (Å²) in [6.07, 6.45) is 1.64. The van der Waals surface area contributed by atoms with Crippen LogP contribution in [0.5, 0.6) is 0 Å². The van der Waals surface area contributed by atoms with Crippen LogP contribution >= 0.6 is 0 Å². The van der Waals surface area contributed by atoms with E-state index in [4.69, 9.17) is 5.11 Å². The van der Waals surface area contributed by atoms with Gasteiger partial charge in [-0.2, -0.15) is 0 Å². The average Bonchev–Trinajstić information content (AvgIpc) is 2.30. The number of nitrogens with zero attached hydrogens (tertiary/aromatic N) is 1. The van der Waals surface area contributed by atoms with E-state index in [-0.39, 0.29) is 12.1 Å². The smallest absolute Gasteiger partial charge is 0.208 e. The number of rotatable bonds is 4. The molecule has 0 aromatic carbocycles. The van der Waals surface area contributed by atoms with Gasteiger partial charge in [-0.15, -0.1) is 0 Å². The number of aliphatic hydroxyl groups is 1. The van der Waals surface area contributed by atoms with Crippen molar-refractivity contribution in [3.05, 3.63) is 0 Å². The van der Waals surface area contributed by atoms with Crippen molar-refractivity contribution in [1.82, 2.24) is 9.62 Å². The van der Waals surface area contributed by atoms with Crippen molar-refractivity contribution >= 4 is 10.0 Å². The van der Waals surface area contributed by atoms with E-state index in [1.165, 1.54) is 6.26 Å². The van der Waals surface area contributed by atoms with Gasteiger partial charge in [-0.25, -0.2) is 13.1 Å². The predicted molar refractivity (Wildman–Crippen MR) is 54.5 cm³/mol. The van der Waals surface area contributed by atoms with Crippen LogP contribution in [0.4, 0.5) is 0 Å². The highest BCUT2D eigenvalue weighted by molar-refractivity contribution is 7.88. The van der Waals surface area contributed by atoms with Gasteiger partial charge >= 0.3 is 0 Å². The molecule has 0 aliphatic carbocycles. The lowest BCUT2D eigenvalue weighted by Crippen LogP contribution is -2.37. The van der Waals surface area contributed by atoms with Gasteiger partial charge < -0.3 is 5.11 Å². The molecule has 2 unspecified atom stereocenters. The molecule has 1 heterocycles. The minimum absolute atomic E-state index is 0.00347. The molecular formula is C8H18N2O3S. The Balaban J connectivity index is 2.34. The van der Waals surface area contributed by atoms with Crippen molar-refractivity contribution < 1.29 is 13.5 Å². The van der Waals surface area contributed by atoms with E-state index in [9.17, 15) is 8.42 Å². The summed E-state index contributed by atoms with van der Waals surface area (Å²) in [5, 5.41) is 9.15. The lowest BCUT2D eigenvalue weighted by atomic mass is 10.3. The normalized spacial score (nSPS) is 26.6. The van der Waals surface area contributed by atoms with Gasteiger partial charge in [0.2, 0.25) is 10.0 Å². The molecule has 6 heteroatoms. The fraction of sp³-hybridized carbons (Fsp3) is 1.00. The highest BCUT2D eigenvalue weighted by atomic mass is 32.2. The van der Waals surface area contributed by atoms with Crippen LogP contribution in [0, 0.1) is 0 Å². The Morgan fingerprint density at radius 1 is 1.64 bits per heavy atom. The summed E-state index contributed by atoms with van der Waals surface area (Å²) in [6, 6.07) is 0.00347. The molecule has 84 valence electrons. The zero-order chi connectivity index (χ0) is 10.8. The maximum absolute atomic E-state index is 10.9. The van der Waals surface area contributed by atoms with Gasteiger partial charge in [0.05, 0.1) is 12.4 Å².